The monoisotopic (exact) mass is 404 g/mol. The maximum Gasteiger partial charge on any atom is 0.252 e. The van der Waals surface area contributed by atoms with Gasteiger partial charge in [0.25, 0.3) is 5.78 Å². The Kier molecular flexibility index (Phi) is 5.28. The van der Waals surface area contributed by atoms with Crippen LogP contribution in [0.4, 0.5) is 0 Å². The molecule has 0 amide bonds. The fourth-order valence-corrected chi connectivity index (χ4v) is 3.89. The lowest BCUT2D eigenvalue weighted by Crippen LogP contribution is -2.05. The van der Waals surface area contributed by atoms with Crippen molar-refractivity contribution in [3.8, 4) is 33.8 Å². The van der Waals surface area contributed by atoms with Crippen LogP contribution in [-0.4, -0.2) is 19.6 Å². The average molecular weight is 405 g/mol. The third kappa shape index (κ3) is 3.73. The highest BCUT2D eigenvalue weighted by atomic mass is 15.3. The zero-order chi connectivity index (χ0) is 21.0. The molecule has 4 nitrogen and oxygen atoms in total. The molecule has 152 valence electrons. The van der Waals surface area contributed by atoms with Crippen LogP contribution < -0.4 is 0 Å². The second-order valence-corrected chi connectivity index (χ2v) is 7.63. The third-order valence-electron chi connectivity index (χ3n) is 5.48. The first-order valence-corrected chi connectivity index (χ1v) is 10.8. The highest BCUT2D eigenvalue weighted by Crippen LogP contribution is 2.31. The van der Waals surface area contributed by atoms with Crippen molar-refractivity contribution in [1.29, 1.82) is 0 Å². The molecule has 0 saturated heterocycles. The number of unbranched alkanes of at least 4 members (excludes halogenated alkanes) is 1. The summed E-state index contributed by atoms with van der Waals surface area (Å²) in [7, 11) is 0. The number of fused-ring (bicyclic) bond motifs is 1. The number of aryl methyl sites for hydroxylation is 1. The minimum absolute atomic E-state index is 0.642. The summed E-state index contributed by atoms with van der Waals surface area (Å²) in [5.41, 5.74) is 7.00. The van der Waals surface area contributed by atoms with E-state index in [-0.39, 0.29) is 0 Å². The number of hydrogen-bond donors (Lipinski definition) is 0. The number of hydrogen-bond acceptors (Lipinski definition) is 3. The van der Waals surface area contributed by atoms with Crippen molar-refractivity contribution in [3.05, 3.63) is 96.7 Å². The maximum absolute atomic E-state index is 5.11. The van der Waals surface area contributed by atoms with Crippen LogP contribution in [0.2, 0.25) is 0 Å². The zero-order valence-electron chi connectivity index (χ0n) is 17.6. The van der Waals surface area contributed by atoms with E-state index in [0.717, 1.165) is 58.7 Å². The molecule has 0 aliphatic carbocycles. The third-order valence-corrected chi connectivity index (χ3v) is 5.48. The molecule has 5 rings (SSSR count). The standard InChI is InChI=1S/C27H24N4/c1-2-3-19-23-24(20-13-7-4-8-14-20)28-27-29-25(21-15-9-5-10-16-21)26(30-31(23)27)22-17-11-6-12-18-22/h4-18H,2-3,19H2,1H3. The maximum atomic E-state index is 5.11. The van der Waals surface area contributed by atoms with E-state index in [2.05, 4.69) is 55.5 Å². The van der Waals surface area contributed by atoms with Crippen molar-refractivity contribution < 1.29 is 0 Å². The van der Waals surface area contributed by atoms with Crippen molar-refractivity contribution in [2.24, 2.45) is 0 Å². The second-order valence-electron chi connectivity index (χ2n) is 7.63. The number of aromatic nitrogens is 4. The summed E-state index contributed by atoms with van der Waals surface area (Å²) in [4.78, 5) is 9.97. The van der Waals surface area contributed by atoms with Crippen LogP contribution in [0.5, 0.6) is 0 Å². The van der Waals surface area contributed by atoms with Gasteiger partial charge in [0.1, 0.15) is 11.4 Å². The van der Waals surface area contributed by atoms with E-state index in [0.29, 0.717) is 5.78 Å². The molecule has 0 atom stereocenters. The van der Waals surface area contributed by atoms with E-state index >= 15 is 0 Å². The Balaban J connectivity index is 1.80. The fraction of sp³-hybridized carbons (Fsp3) is 0.148. The molecule has 31 heavy (non-hydrogen) atoms. The first-order valence-electron chi connectivity index (χ1n) is 10.8. The van der Waals surface area contributed by atoms with Gasteiger partial charge in [-0.1, -0.05) is 104 Å². The highest BCUT2D eigenvalue weighted by molar-refractivity contribution is 5.79. The van der Waals surface area contributed by atoms with Gasteiger partial charge < -0.3 is 0 Å². The van der Waals surface area contributed by atoms with E-state index in [1.165, 1.54) is 0 Å². The van der Waals surface area contributed by atoms with Gasteiger partial charge in [-0.3, -0.25) is 0 Å². The van der Waals surface area contributed by atoms with Gasteiger partial charge in [0, 0.05) is 16.7 Å². The summed E-state index contributed by atoms with van der Waals surface area (Å²) in [6.07, 6.45) is 3.11. The normalized spacial score (nSPS) is 11.1. The Morgan fingerprint density at radius 2 is 1.10 bits per heavy atom. The molecule has 2 heterocycles. The highest BCUT2D eigenvalue weighted by Gasteiger charge is 2.20. The van der Waals surface area contributed by atoms with E-state index in [1.807, 2.05) is 47.0 Å². The summed E-state index contributed by atoms with van der Waals surface area (Å²) < 4.78 is 1.95. The molecule has 5 aromatic rings. The van der Waals surface area contributed by atoms with Crippen molar-refractivity contribution >= 4 is 5.78 Å². The molecule has 0 spiro atoms. The number of benzene rings is 3. The first kappa shape index (κ1) is 19.2. The molecule has 0 aliphatic heterocycles. The summed E-state index contributed by atoms with van der Waals surface area (Å²) in [6, 6.07) is 30.8. The van der Waals surface area contributed by atoms with Crippen LogP contribution in [0.1, 0.15) is 25.5 Å². The molecule has 0 bridgehead atoms. The van der Waals surface area contributed by atoms with Gasteiger partial charge in [-0.25, -0.2) is 14.5 Å². The van der Waals surface area contributed by atoms with Crippen molar-refractivity contribution in [3.63, 3.8) is 0 Å². The van der Waals surface area contributed by atoms with Gasteiger partial charge in [0.15, 0.2) is 0 Å². The Hall–Kier alpha value is -3.79. The lowest BCUT2D eigenvalue weighted by atomic mass is 10.0. The van der Waals surface area contributed by atoms with Gasteiger partial charge in [0.2, 0.25) is 0 Å². The molecule has 0 unspecified atom stereocenters. The Morgan fingerprint density at radius 1 is 0.613 bits per heavy atom. The molecule has 0 N–H and O–H groups in total. The molecule has 0 saturated carbocycles. The zero-order valence-corrected chi connectivity index (χ0v) is 17.6. The van der Waals surface area contributed by atoms with Gasteiger partial charge in [0.05, 0.1) is 11.4 Å². The summed E-state index contributed by atoms with van der Waals surface area (Å²) in [5.74, 6) is 0.642. The van der Waals surface area contributed by atoms with Crippen LogP contribution in [0, 0.1) is 0 Å². The van der Waals surface area contributed by atoms with Crippen LogP contribution >= 0.6 is 0 Å². The lowest BCUT2D eigenvalue weighted by molar-refractivity contribution is 0.744. The van der Waals surface area contributed by atoms with E-state index < -0.39 is 0 Å². The van der Waals surface area contributed by atoms with Crippen LogP contribution in [0.3, 0.4) is 0 Å². The molecule has 0 radical (unpaired) electrons. The number of imidazole rings is 1. The van der Waals surface area contributed by atoms with E-state index in [9.17, 15) is 0 Å². The van der Waals surface area contributed by atoms with E-state index in [4.69, 9.17) is 15.1 Å². The van der Waals surface area contributed by atoms with Gasteiger partial charge in [-0.05, 0) is 12.8 Å². The Morgan fingerprint density at radius 3 is 1.65 bits per heavy atom. The molecule has 4 heteroatoms. The Bertz CT molecular complexity index is 1290. The largest absolute Gasteiger partial charge is 0.252 e. The van der Waals surface area contributed by atoms with Crippen LogP contribution in [-0.2, 0) is 6.42 Å². The fourth-order valence-electron chi connectivity index (χ4n) is 3.89. The quantitative estimate of drug-likeness (QED) is 0.326. The van der Waals surface area contributed by atoms with Gasteiger partial charge in [-0.2, -0.15) is 5.10 Å². The molecular weight excluding hydrogens is 380 g/mol. The average Bonchev–Trinajstić information content (AvgIpc) is 3.21. The Labute approximate surface area is 182 Å². The van der Waals surface area contributed by atoms with E-state index in [1.54, 1.807) is 0 Å². The smallest absolute Gasteiger partial charge is 0.209 e. The molecule has 3 aromatic carbocycles. The minimum Gasteiger partial charge on any atom is -0.209 e. The van der Waals surface area contributed by atoms with Crippen molar-refractivity contribution in [2.45, 2.75) is 26.2 Å². The van der Waals surface area contributed by atoms with Gasteiger partial charge in [-0.15, -0.1) is 0 Å². The predicted molar refractivity (Wildman–Crippen MR) is 126 cm³/mol. The molecule has 2 aromatic heterocycles. The van der Waals surface area contributed by atoms with Gasteiger partial charge >= 0.3 is 0 Å². The lowest BCUT2D eigenvalue weighted by Gasteiger charge is -2.10. The topological polar surface area (TPSA) is 43.1 Å². The van der Waals surface area contributed by atoms with Crippen molar-refractivity contribution in [1.82, 2.24) is 19.6 Å². The summed E-state index contributed by atoms with van der Waals surface area (Å²) in [5, 5.41) is 5.11. The summed E-state index contributed by atoms with van der Waals surface area (Å²) >= 11 is 0. The van der Waals surface area contributed by atoms with Crippen LogP contribution in [0.25, 0.3) is 39.5 Å². The molecular formula is C27H24N4. The predicted octanol–water partition coefficient (Wildman–Crippen LogP) is 6.47. The molecule has 0 aliphatic rings. The molecule has 0 fully saturated rings. The van der Waals surface area contributed by atoms with Crippen LogP contribution in [0.15, 0.2) is 91.0 Å². The second kappa shape index (κ2) is 8.52. The SMILES string of the molecule is CCCCc1c(-c2ccccc2)nc2nc(-c3ccccc3)c(-c3ccccc3)nn12. The summed E-state index contributed by atoms with van der Waals surface area (Å²) in [6.45, 7) is 2.21. The number of rotatable bonds is 6. The van der Waals surface area contributed by atoms with Crippen molar-refractivity contribution in [2.75, 3.05) is 0 Å². The first-order chi connectivity index (χ1) is 15.3. The number of nitrogens with zero attached hydrogens (tertiary/aromatic N) is 4. The minimum atomic E-state index is 0.642.